The van der Waals surface area contributed by atoms with Gasteiger partial charge in [-0.25, -0.2) is 0 Å². The zero-order chi connectivity index (χ0) is 42.0. The van der Waals surface area contributed by atoms with E-state index >= 15 is 0 Å². The summed E-state index contributed by atoms with van der Waals surface area (Å²) in [5, 5.41) is 46.6. The number of nitrogens with zero attached hydrogens (tertiary/aromatic N) is 1. The van der Waals surface area contributed by atoms with E-state index in [1.165, 1.54) is 27.9 Å². The van der Waals surface area contributed by atoms with Crippen molar-refractivity contribution < 1.29 is 68.0 Å². The number of cyclic esters (lactones) is 1. The Morgan fingerprint density at radius 1 is 0.891 bits per heavy atom. The van der Waals surface area contributed by atoms with Gasteiger partial charge in [0.1, 0.15) is 23.6 Å². The van der Waals surface area contributed by atoms with Gasteiger partial charge in [0.05, 0.1) is 53.7 Å². The Balaban J connectivity index is 2.24. The number of ketones is 1. The predicted molar refractivity (Wildman–Crippen MR) is 200 cm³/mol. The maximum Gasteiger partial charge on any atom is 0.311 e. The van der Waals surface area contributed by atoms with Crippen molar-refractivity contribution in [3.05, 3.63) is 0 Å². The Labute approximate surface area is 327 Å². The molecule has 3 rings (SSSR count). The Kier molecular flexibility index (Phi) is 16.3. The molecule has 0 amide bonds. The fourth-order valence-corrected chi connectivity index (χ4v) is 8.76. The van der Waals surface area contributed by atoms with Crippen molar-refractivity contribution in [2.45, 2.75) is 193 Å². The fourth-order valence-electron chi connectivity index (χ4n) is 8.76. The minimum atomic E-state index is -2.01. The second kappa shape index (κ2) is 18.9. The maximum absolute atomic E-state index is 14.2. The summed E-state index contributed by atoms with van der Waals surface area (Å²) in [5.41, 5.74) is -4.92. The smallest absolute Gasteiger partial charge is 0.311 e. The maximum atomic E-state index is 14.2. The van der Waals surface area contributed by atoms with Crippen molar-refractivity contribution >= 4 is 17.7 Å². The fraction of sp³-hybridized carbons (Fsp3) is 0.925. The van der Waals surface area contributed by atoms with E-state index in [9.17, 15) is 34.8 Å². The van der Waals surface area contributed by atoms with E-state index in [0.29, 0.717) is 6.42 Å². The lowest BCUT2D eigenvalue weighted by Gasteiger charge is -2.49. The summed E-state index contributed by atoms with van der Waals surface area (Å²) >= 11 is 0. The average Bonchev–Trinajstić information content (AvgIpc) is 3.11. The summed E-state index contributed by atoms with van der Waals surface area (Å²) in [7, 11) is 5.21. The third-order valence-corrected chi connectivity index (χ3v) is 12.4. The van der Waals surface area contributed by atoms with Gasteiger partial charge in [-0.3, -0.25) is 14.4 Å². The molecule has 55 heavy (non-hydrogen) atoms. The van der Waals surface area contributed by atoms with Crippen LogP contribution in [0.3, 0.4) is 0 Å². The summed E-state index contributed by atoms with van der Waals surface area (Å²) in [5.74, 6) is -5.59. The largest absolute Gasteiger partial charge is 0.459 e. The second-order valence-corrected chi connectivity index (χ2v) is 17.3. The van der Waals surface area contributed by atoms with Gasteiger partial charge < -0.3 is 58.5 Å². The number of aliphatic hydroxyl groups is 4. The van der Waals surface area contributed by atoms with Crippen LogP contribution in [-0.4, -0.2) is 149 Å². The Hall–Kier alpha value is -1.79. The van der Waals surface area contributed by atoms with Crippen LogP contribution in [0, 0.1) is 23.7 Å². The van der Waals surface area contributed by atoms with Gasteiger partial charge in [-0.15, -0.1) is 0 Å². The third kappa shape index (κ3) is 10.6. The lowest BCUT2D eigenvalue weighted by atomic mass is 9.74. The molecule has 3 aliphatic heterocycles. The molecule has 0 spiro atoms. The molecule has 0 radical (unpaired) electrons. The van der Waals surface area contributed by atoms with E-state index in [0.717, 1.165) is 0 Å². The molecule has 0 aromatic rings. The molecule has 3 aliphatic rings. The average molecular weight is 790 g/mol. The van der Waals surface area contributed by atoms with E-state index < -0.39 is 114 Å². The molecule has 3 heterocycles. The molecule has 0 unspecified atom stereocenters. The van der Waals surface area contributed by atoms with Crippen molar-refractivity contribution in [2.75, 3.05) is 21.2 Å². The number of ether oxygens (including phenoxy) is 7. The first-order valence-electron chi connectivity index (χ1n) is 19.9. The number of carbonyl (C=O) groups excluding carboxylic acids is 3. The van der Waals surface area contributed by atoms with Crippen LogP contribution in [0.25, 0.3) is 0 Å². The molecule has 0 aromatic carbocycles. The van der Waals surface area contributed by atoms with Crippen molar-refractivity contribution in [1.29, 1.82) is 0 Å². The van der Waals surface area contributed by atoms with E-state index in [1.807, 2.05) is 25.9 Å². The lowest BCUT2D eigenvalue weighted by Crippen LogP contribution is -2.61. The quantitative estimate of drug-likeness (QED) is 0.249. The van der Waals surface area contributed by atoms with Crippen LogP contribution in [0.2, 0.25) is 0 Å². The van der Waals surface area contributed by atoms with Crippen LogP contribution in [0.4, 0.5) is 0 Å². The van der Waals surface area contributed by atoms with Gasteiger partial charge in [0.25, 0.3) is 0 Å². The lowest BCUT2D eigenvalue weighted by molar-refractivity contribution is -0.319. The van der Waals surface area contributed by atoms with Gasteiger partial charge in [-0.05, 0) is 74.9 Å². The Morgan fingerprint density at radius 2 is 1.51 bits per heavy atom. The van der Waals surface area contributed by atoms with Gasteiger partial charge in [0.2, 0.25) is 0 Å². The summed E-state index contributed by atoms with van der Waals surface area (Å²) in [4.78, 5) is 42.9. The summed E-state index contributed by atoms with van der Waals surface area (Å²) in [6.07, 6.45) is -9.68. The molecule has 320 valence electrons. The van der Waals surface area contributed by atoms with Gasteiger partial charge >= 0.3 is 11.9 Å². The van der Waals surface area contributed by atoms with Crippen molar-refractivity contribution in [1.82, 2.24) is 4.90 Å². The van der Waals surface area contributed by atoms with Crippen LogP contribution < -0.4 is 0 Å². The topological polar surface area (TPSA) is 200 Å². The third-order valence-electron chi connectivity index (χ3n) is 12.4. The van der Waals surface area contributed by atoms with Crippen LogP contribution in [-0.2, 0) is 47.5 Å². The minimum Gasteiger partial charge on any atom is -0.459 e. The zero-order valence-electron chi connectivity index (χ0n) is 35.5. The summed E-state index contributed by atoms with van der Waals surface area (Å²) in [6.45, 7) is 18.0. The molecular formula is C40H71NO14. The normalized spacial score (nSPS) is 46.9. The van der Waals surface area contributed by atoms with E-state index in [1.54, 1.807) is 48.5 Å². The SMILES string of the molecule is CCC(=O)O[C@H]1[C@@H](O[C@H]2[C@H](C)[C@@H](O[C@@H]3C[C@@](C)(OC)[C@H](O)[C@@H](C)O3)[C@H](C)C(=O)O[C@@H](CC)[C@](C)(O)[C@@H](O)[C@H](C)C(=O)[C@@H](C)C[C@]2(C)O)O[C@@H](C)C[C@H]1N(C)C. The van der Waals surface area contributed by atoms with Gasteiger partial charge in [-0.2, -0.15) is 0 Å². The zero-order valence-corrected chi connectivity index (χ0v) is 35.5. The molecule has 0 saturated carbocycles. The monoisotopic (exact) mass is 789 g/mol. The van der Waals surface area contributed by atoms with E-state index in [2.05, 4.69) is 0 Å². The standard InChI is InChI=1S/C40H71NO14/c1-15-27-40(11,48)33(44)22(5)30(43)20(3)18-38(9,47)35(55-37-32(53-28(42)16-2)26(41(12)13)17-21(4)50-37)23(6)31(24(7)36(46)52-27)54-29-19-39(10,49-14)34(45)25(8)51-29/h20-27,29,31-35,37,44-45,47-48H,15-19H2,1-14H3/t20-,21-,22+,23+,24-,25+,26+,27-,29+,31+,32+,33-,34+,35-,37+,38-,39+,40-/m0/s1. The number of hydrogen-bond donors (Lipinski definition) is 4. The number of carbonyl (C=O) groups is 3. The molecule has 0 bridgehead atoms. The van der Waals surface area contributed by atoms with Crippen LogP contribution in [0.1, 0.15) is 108 Å². The number of Topliss-reactive ketones (excluding diaryl/α,β-unsaturated/α-hetero) is 1. The second-order valence-electron chi connectivity index (χ2n) is 17.3. The highest BCUT2D eigenvalue weighted by atomic mass is 16.7. The Bertz CT molecular complexity index is 1290. The van der Waals surface area contributed by atoms with E-state index in [-0.39, 0.29) is 37.8 Å². The molecule has 15 nitrogen and oxygen atoms in total. The first-order chi connectivity index (χ1) is 25.4. The molecular weight excluding hydrogens is 718 g/mol. The highest BCUT2D eigenvalue weighted by Gasteiger charge is 2.54. The van der Waals surface area contributed by atoms with Crippen LogP contribution in [0.15, 0.2) is 0 Å². The minimum absolute atomic E-state index is 0.0760. The van der Waals surface area contributed by atoms with Crippen molar-refractivity contribution in [3.8, 4) is 0 Å². The summed E-state index contributed by atoms with van der Waals surface area (Å²) < 4.78 is 43.6. The number of rotatable bonds is 9. The van der Waals surface area contributed by atoms with Crippen molar-refractivity contribution in [3.63, 3.8) is 0 Å². The Morgan fingerprint density at radius 3 is 2.05 bits per heavy atom. The molecule has 3 saturated heterocycles. The highest BCUT2D eigenvalue weighted by molar-refractivity contribution is 5.83. The van der Waals surface area contributed by atoms with Crippen LogP contribution in [0.5, 0.6) is 0 Å². The summed E-state index contributed by atoms with van der Waals surface area (Å²) in [6, 6.07) is -0.319. The molecule has 0 aromatic heterocycles. The van der Waals surface area contributed by atoms with Crippen molar-refractivity contribution in [2.24, 2.45) is 23.7 Å². The molecule has 4 N–H and O–H groups in total. The van der Waals surface area contributed by atoms with Crippen LogP contribution >= 0.6 is 0 Å². The number of hydrogen-bond acceptors (Lipinski definition) is 15. The highest BCUT2D eigenvalue weighted by Crippen LogP contribution is 2.41. The molecule has 0 aliphatic carbocycles. The number of likely N-dealkylation sites (N-methyl/N-ethyl adjacent to an activating group) is 1. The van der Waals surface area contributed by atoms with Gasteiger partial charge in [0.15, 0.2) is 18.7 Å². The van der Waals surface area contributed by atoms with E-state index in [4.69, 9.17) is 33.2 Å². The number of esters is 2. The predicted octanol–water partition coefficient (Wildman–Crippen LogP) is 2.75. The van der Waals surface area contributed by atoms with Gasteiger partial charge in [0, 0.05) is 37.7 Å². The first-order valence-corrected chi connectivity index (χ1v) is 19.9. The number of aliphatic hydroxyl groups excluding tert-OH is 2. The first kappa shape index (κ1) is 47.6. The molecule has 18 atom stereocenters. The molecule has 15 heteroatoms. The van der Waals surface area contributed by atoms with Gasteiger partial charge in [-0.1, -0.05) is 34.6 Å². The molecule has 3 fully saturated rings. The number of methoxy groups -OCH3 is 1.